The Morgan fingerprint density at radius 3 is 1.70 bits per heavy atom. The van der Waals surface area contributed by atoms with E-state index in [4.69, 9.17) is 4.98 Å². The molecule has 8 nitrogen and oxygen atoms in total. The van der Waals surface area contributed by atoms with E-state index in [2.05, 4.69) is 103 Å². The highest BCUT2D eigenvalue weighted by atomic mass is 16.2. The van der Waals surface area contributed by atoms with Gasteiger partial charge < -0.3 is 0 Å². The van der Waals surface area contributed by atoms with Gasteiger partial charge in [0.05, 0.1) is 27.9 Å². The number of fused-ring (bicyclic) bond motifs is 2. The second kappa shape index (κ2) is 11.8. The smallest absolute Gasteiger partial charge is 0.298 e. The van der Waals surface area contributed by atoms with Gasteiger partial charge in [-0.1, -0.05) is 109 Å². The first-order valence-electron chi connectivity index (χ1n) is 15.3. The summed E-state index contributed by atoms with van der Waals surface area (Å²) in [5.41, 5.74) is 12.8. The highest BCUT2D eigenvalue weighted by molar-refractivity contribution is 6.03. The minimum Gasteiger partial charge on any atom is -0.298 e. The van der Waals surface area contributed by atoms with Crippen LogP contribution in [-0.2, 0) is 5.54 Å². The van der Waals surface area contributed by atoms with Crippen molar-refractivity contribution in [2.75, 3.05) is 5.43 Å². The summed E-state index contributed by atoms with van der Waals surface area (Å²) in [6, 6.07) is 48.9. The number of nitrogens with zero attached hydrogens (tertiary/aromatic N) is 4. The van der Waals surface area contributed by atoms with Crippen LogP contribution in [0.2, 0.25) is 0 Å². The van der Waals surface area contributed by atoms with Gasteiger partial charge in [-0.15, -0.1) is 0 Å². The SMILES string of the molecule is O=C(NNc1ccccc1)c1nc2cc3c(-c4ccncc4)[nH]n(C(c4ccccc4)(c4ccccc4)c4ccccc4)c3cc2n1. The first-order valence-corrected chi connectivity index (χ1v) is 15.3. The Kier molecular flexibility index (Phi) is 7.00. The van der Waals surface area contributed by atoms with Crippen LogP contribution < -0.4 is 10.9 Å². The van der Waals surface area contributed by atoms with Gasteiger partial charge in [-0.3, -0.25) is 30.4 Å². The van der Waals surface area contributed by atoms with Crippen molar-refractivity contribution < 1.29 is 4.79 Å². The number of amides is 1. The molecule has 0 aliphatic heterocycles. The van der Waals surface area contributed by atoms with Crippen molar-refractivity contribution in [2.24, 2.45) is 0 Å². The van der Waals surface area contributed by atoms with Crippen LogP contribution >= 0.6 is 0 Å². The van der Waals surface area contributed by atoms with Crippen LogP contribution in [0, 0.1) is 0 Å². The number of anilines is 1. The van der Waals surface area contributed by atoms with Gasteiger partial charge >= 0.3 is 5.91 Å². The van der Waals surface area contributed by atoms with Gasteiger partial charge in [-0.05, 0) is 53.1 Å². The monoisotopic (exact) mass is 611 g/mol. The van der Waals surface area contributed by atoms with Crippen molar-refractivity contribution in [3.8, 4) is 11.3 Å². The quantitative estimate of drug-likeness (QED) is 0.122. The molecule has 0 spiro atoms. The largest absolute Gasteiger partial charge is 0.307 e. The summed E-state index contributed by atoms with van der Waals surface area (Å²) in [5.74, 6) is -0.344. The zero-order valence-electron chi connectivity index (χ0n) is 25.2. The molecule has 3 N–H and O–H groups in total. The molecule has 47 heavy (non-hydrogen) atoms. The van der Waals surface area contributed by atoms with Crippen molar-refractivity contribution in [2.45, 2.75) is 5.54 Å². The number of rotatable bonds is 8. The Morgan fingerprint density at radius 1 is 0.638 bits per heavy atom. The lowest BCUT2D eigenvalue weighted by atomic mass is 9.77. The molecule has 0 bridgehead atoms. The molecule has 0 fully saturated rings. The third-order valence-corrected chi connectivity index (χ3v) is 8.46. The average molecular weight is 612 g/mol. The van der Waals surface area contributed by atoms with Crippen LogP contribution in [0.3, 0.4) is 0 Å². The number of carbonyl (C=O) groups excluding carboxylic acids is 1. The van der Waals surface area contributed by atoms with E-state index in [-0.39, 0.29) is 5.82 Å². The van der Waals surface area contributed by atoms with E-state index in [0.29, 0.717) is 11.0 Å². The molecule has 226 valence electrons. The van der Waals surface area contributed by atoms with E-state index in [1.807, 2.05) is 72.8 Å². The minimum absolute atomic E-state index is 0.0810. The highest BCUT2D eigenvalue weighted by Crippen LogP contribution is 2.44. The Morgan fingerprint density at radius 2 is 1.15 bits per heavy atom. The Bertz CT molecular complexity index is 2210. The molecule has 0 saturated carbocycles. The summed E-state index contributed by atoms with van der Waals surface area (Å²) < 4.78 is 2.23. The Balaban J connectivity index is 1.39. The first kappa shape index (κ1) is 28.0. The maximum atomic E-state index is 13.2. The number of para-hydroxylation sites is 1. The molecule has 0 aliphatic rings. The third kappa shape index (κ3) is 4.89. The maximum Gasteiger partial charge on any atom is 0.307 e. The standard InChI is InChI=1S/C39H29N7O/c47-38(44-43-31-19-11-4-12-20-31)37-41-33-25-32-35(26-34(33)42-37)46(45-36(32)27-21-23-40-24-22-27)39(28-13-5-1-6-14-28,29-15-7-2-8-16-29)30-17-9-3-10-18-30/h1-26,43,45H,(H,44,47). The number of aromatic nitrogens is 5. The van der Waals surface area contributed by atoms with Crippen molar-refractivity contribution in [3.05, 3.63) is 181 Å². The molecule has 5 aromatic carbocycles. The lowest BCUT2D eigenvalue weighted by Gasteiger charge is -2.37. The van der Waals surface area contributed by atoms with Gasteiger partial charge in [-0.25, -0.2) is 9.97 Å². The van der Waals surface area contributed by atoms with E-state index >= 15 is 0 Å². The number of benzene rings is 5. The number of imidazole rings is 1. The molecule has 3 aromatic heterocycles. The van der Waals surface area contributed by atoms with Crippen LogP contribution in [0.25, 0.3) is 33.2 Å². The first-order chi connectivity index (χ1) is 23.2. The molecule has 8 rings (SSSR count). The van der Waals surface area contributed by atoms with E-state index in [0.717, 1.165) is 44.5 Å². The molecule has 0 radical (unpaired) electrons. The van der Waals surface area contributed by atoms with Crippen LogP contribution in [0.15, 0.2) is 158 Å². The number of nitrogens with one attached hydrogen (secondary N) is 3. The second-order valence-electron chi connectivity index (χ2n) is 11.2. The van der Waals surface area contributed by atoms with Crippen molar-refractivity contribution in [1.82, 2.24) is 30.2 Å². The van der Waals surface area contributed by atoms with Gasteiger partial charge in [-0.2, -0.15) is 0 Å². The van der Waals surface area contributed by atoms with Crippen LogP contribution in [0.5, 0.6) is 0 Å². The number of H-pyrrole nitrogens is 1. The molecule has 0 aliphatic carbocycles. The summed E-state index contributed by atoms with van der Waals surface area (Å²) in [6.07, 6.45) is 3.57. The van der Waals surface area contributed by atoms with Gasteiger partial charge in [0.25, 0.3) is 0 Å². The zero-order chi connectivity index (χ0) is 31.6. The molecule has 8 heteroatoms. The average Bonchev–Trinajstić information content (AvgIpc) is 3.74. The summed E-state index contributed by atoms with van der Waals surface area (Å²) in [5, 5.41) is 4.76. The third-order valence-electron chi connectivity index (χ3n) is 8.46. The number of hydrogen-bond acceptors (Lipinski definition) is 5. The lowest BCUT2D eigenvalue weighted by molar-refractivity contribution is 0.0953. The highest BCUT2D eigenvalue weighted by Gasteiger charge is 2.40. The van der Waals surface area contributed by atoms with Crippen LogP contribution in [-0.4, -0.2) is 30.6 Å². The van der Waals surface area contributed by atoms with E-state index in [1.54, 1.807) is 12.4 Å². The Hall–Kier alpha value is -6.54. The number of aromatic amines is 1. The van der Waals surface area contributed by atoms with E-state index in [1.165, 1.54) is 0 Å². The topological polar surface area (TPSA) is 101 Å². The fourth-order valence-corrected chi connectivity index (χ4v) is 6.35. The molecule has 8 aromatic rings. The van der Waals surface area contributed by atoms with Crippen LogP contribution in [0.4, 0.5) is 5.69 Å². The predicted molar refractivity (Wildman–Crippen MR) is 185 cm³/mol. The molecule has 3 heterocycles. The lowest BCUT2D eigenvalue weighted by Crippen LogP contribution is -2.38. The molecule has 0 saturated heterocycles. The molecular formula is C39H29N7O. The van der Waals surface area contributed by atoms with Gasteiger partial charge in [0.2, 0.25) is 5.82 Å². The molecule has 0 atom stereocenters. The molecular weight excluding hydrogens is 582 g/mol. The second-order valence-corrected chi connectivity index (χ2v) is 11.2. The summed E-state index contributed by atoms with van der Waals surface area (Å²) in [4.78, 5) is 26.8. The predicted octanol–water partition coefficient (Wildman–Crippen LogP) is 7.57. The fourth-order valence-electron chi connectivity index (χ4n) is 6.35. The van der Waals surface area contributed by atoms with Crippen LogP contribution in [0.1, 0.15) is 27.3 Å². The van der Waals surface area contributed by atoms with Gasteiger partial charge in [0.1, 0.15) is 5.54 Å². The van der Waals surface area contributed by atoms with Crippen molar-refractivity contribution >= 4 is 33.5 Å². The minimum atomic E-state index is -0.805. The van der Waals surface area contributed by atoms with Crippen molar-refractivity contribution in [1.29, 1.82) is 0 Å². The van der Waals surface area contributed by atoms with E-state index in [9.17, 15) is 4.79 Å². The summed E-state index contributed by atoms with van der Waals surface area (Å²) in [6.45, 7) is 0. The molecule has 0 unspecified atom stereocenters. The van der Waals surface area contributed by atoms with E-state index < -0.39 is 11.4 Å². The Labute approximate surface area is 270 Å². The maximum absolute atomic E-state index is 13.2. The number of hydrogen-bond donors (Lipinski definition) is 3. The van der Waals surface area contributed by atoms with Gasteiger partial charge in [0, 0.05) is 23.3 Å². The normalized spacial score (nSPS) is 11.5. The number of pyridine rings is 1. The van der Waals surface area contributed by atoms with Crippen molar-refractivity contribution in [3.63, 3.8) is 0 Å². The molecule has 1 amide bonds. The summed E-state index contributed by atoms with van der Waals surface area (Å²) in [7, 11) is 0. The van der Waals surface area contributed by atoms with Gasteiger partial charge in [0.15, 0.2) is 0 Å². The number of carbonyl (C=O) groups is 1. The summed E-state index contributed by atoms with van der Waals surface area (Å²) >= 11 is 0. The fraction of sp³-hybridized carbons (Fsp3) is 0.0256. The zero-order valence-corrected chi connectivity index (χ0v) is 25.2. The number of hydrazine groups is 1.